The fourth-order valence-corrected chi connectivity index (χ4v) is 3.07. The van der Waals surface area contributed by atoms with E-state index in [0.717, 1.165) is 25.5 Å². The Morgan fingerprint density at radius 3 is 2.66 bits per heavy atom. The van der Waals surface area contributed by atoms with Gasteiger partial charge in [0.15, 0.2) is 5.96 Å². The number of nitrogens with one attached hydrogen (secondary N) is 2. The monoisotopic (exact) mass is 392 g/mol. The quantitative estimate of drug-likeness (QED) is 0.333. The fraction of sp³-hybridized carbons (Fsp3) is 0.318. The molecule has 0 saturated heterocycles. The third-order valence-electron chi connectivity index (χ3n) is 4.58. The molecule has 0 bridgehead atoms. The number of aromatic nitrogens is 3. The zero-order chi connectivity index (χ0) is 20.3. The Morgan fingerprint density at radius 2 is 1.93 bits per heavy atom. The Kier molecular flexibility index (Phi) is 7.77. The predicted octanol–water partition coefficient (Wildman–Crippen LogP) is 2.69. The maximum atomic E-state index is 5.08. The average molecular weight is 393 g/mol. The summed E-state index contributed by atoms with van der Waals surface area (Å²) in [5.74, 6) is 0.791. The highest BCUT2D eigenvalue weighted by Crippen LogP contribution is 2.24. The molecule has 0 aliphatic heterocycles. The van der Waals surface area contributed by atoms with Gasteiger partial charge in [-0.25, -0.2) is 9.67 Å². The van der Waals surface area contributed by atoms with Crippen LogP contribution in [0.15, 0.2) is 66.2 Å². The van der Waals surface area contributed by atoms with Gasteiger partial charge in [-0.05, 0) is 28.7 Å². The molecule has 29 heavy (non-hydrogen) atoms. The number of guanidine groups is 1. The van der Waals surface area contributed by atoms with Crippen LogP contribution in [0.2, 0.25) is 0 Å². The number of nitrogens with zero attached hydrogens (tertiary/aromatic N) is 4. The zero-order valence-electron chi connectivity index (χ0n) is 17.0. The Balaban J connectivity index is 1.64. The topological polar surface area (TPSA) is 76.4 Å². The van der Waals surface area contributed by atoms with Crippen molar-refractivity contribution in [3.05, 3.63) is 72.3 Å². The Morgan fingerprint density at radius 1 is 1.10 bits per heavy atom. The molecule has 0 atom stereocenters. The van der Waals surface area contributed by atoms with Gasteiger partial charge in [0, 0.05) is 33.9 Å². The van der Waals surface area contributed by atoms with Gasteiger partial charge >= 0.3 is 0 Å². The van der Waals surface area contributed by atoms with Crippen LogP contribution < -0.4 is 10.6 Å². The molecule has 3 aromatic rings. The van der Waals surface area contributed by atoms with Crippen LogP contribution in [0.3, 0.4) is 0 Å². The predicted molar refractivity (Wildman–Crippen MR) is 116 cm³/mol. The van der Waals surface area contributed by atoms with Gasteiger partial charge in [0.25, 0.3) is 0 Å². The molecule has 2 aromatic carbocycles. The summed E-state index contributed by atoms with van der Waals surface area (Å²) in [7, 11) is 3.50. The van der Waals surface area contributed by atoms with E-state index in [9.17, 15) is 0 Å². The number of aliphatic imine (C=N–C) groups is 1. The highest BCUT2D eigenvalue weighted by atomic mass is 16.5. The van der Waals surface area contributed by atoms with Crippen molar-refractivity contribution in [1.82, 2.24) is 25.4 Å². The lowest BCUT2D eigenvalue weighted by Gasteiger charge is -2.14. The molecule has 7 nitrogen and oxygen atoms in total. The maximum Gasteiger partial charge on any atom is 0.191 e. The first kappa shape index (κ1) is 20.5. The normalized spacial score (nSPS) is 11.4. The molecule has 7 heteroatoms. The maximum absolute atomic E-state index is 5.08. The molecule has 2 N–H and O–H groups in total. The molecular weight excluding hydrogens is 364 g/mol. The number of hydrogen-bond donors (Lipinski definition) is 2. The highest BCUT2D eigenvalue weighted by molar-refractivity contribution is 5.80. The minimum Gasteiger partial charge on any atom is -0.385 e. The van der Waals surface area contributed by atoms with Gasteiger partial charge in [-0.15, -0.1) is 0 Å². The van der Waals surface area contributed by atoms with E-state index in [1.54, 1.807) is 26.8 Å². The number of hydrogen-bond acceptors (Lipinski definition) is 4. The summed E-state index contributed by atoms with van der Waals surface area (Å²) in [6.45, 7) is 2.97. The van der Waals surface area contributed by atoms with E-state index in [4.69, 9.17) is 4.74 Å². The molecule has 1 heterocycles. The molecule has 0 amide bonds. The van der Waals surface area contributed by atoms with Crippen LogP contribution >= 0.6 is 0 Å². The number of benzene rings is 2. The van der Waals surface area contributed by atoms with Gasteiger partial charge in [0.2, 0.25) is 0 Å². The zero-order valence-corrected chi connectivity index (χ0v) is 17.0. The Labute approximate surface area is 171 Å². The van der Waals surface area contributed by atoms with Gasteiger partial charge in [-0.3, -0.25) is 4.99 Å². The number of rotatable bonds is 9. The second-order valence-electron chi connectivity index (χ2n) is 6.65. The first-order valence-corrected chi connectivity index (χ1v) is 9.73. The molecule has 0 fully saturated rings. The van der Waals surface area contributed by atoms with E-state index in [1.807, 2.05) is 4.68 Å². The average Bonchev–Trinajstić information content (AvgIpc) is 3.27. The molecule has 3 rings (SSSR count). The smallest absolute Gasteiger partial charge is 0.191 e. The summed E-state index contributed by atoms with van der Waals surface area (Å²) in [6, 6.07) is 17.0. The molecular formula is C22H28N6O. The third-order valence-corrected chi connectivity index (χ3v) is 4.58. The van der Waals surface area contributed by atoms with Crippen LogP contribution in [0.1, 0.15) is 17.5 Å². The van der Waals surface area contributed by atoms with Crippen LogP contribution in [0.4, 0.5) is 0 Å². The summed E-state index contributed by atoms with van der Waals surface area (Å²) in [4.78, 5) is 8.28. The van der Waals surface area contributed by atoms with Crippen molar-refractivity contribution in [3.8, 4) is 11.1 Å². The number of methoxy groups -OCH3 is 1. The van der Waals surface area contributed by atoms with E-state index in [-0.39, 0.29) is 0 Å². The van der Waals surface area contributed by atoms with Gasteiger partial charge in [-0.2, -0.15) is 5.10 Å². The van der Waals surface area contributed by atoms with E-state index in [0.29, 0.717) is 13.1 Å². The van der Waals surface area contributed by atoms with Crippen LogP contribution in [0, 0.1) is 0 Å². The molecule has 0 aliphatic rings. The van der Waals surface area contributed by atoms with Crippen LogP contribution in [0.25, 0.3) is 11.1 Å². The standard InChI is InChI=1S/C22H28N6O/c1-23-22(25-12-5-13-29-2)26-14-20-6-3-4-7-21(20)19-10-8-18(9-11-19)15-28-17-24-16-27-28/h3-4,6-11,16-17H,5,12-15H2,1-2H3,(H2,23,25,26). The van der Waals surface area contributed by atoms with Gasteiger partial charge in [0.1, 0.15) is 12.7 Å². The van der Waals surface area contributed by atoms with E-state index >= 15 is 0 Å². The Bertz CT molecular complexity index is 890. The van der Waals surface area contributed by atoms with Crippen molar-refractivity contribution in [1.29, 1.82) is 0 Å². The summed E-state index contributed by atoms with van der Waals surface area (Å²) >= 11 is 0. The fourth-order valence-electron chi connectivity index (χ4n) is 3.07. The second kappa shape index (κ2) is 11.0. The lowest BCUT2D eigenvalue weighted by Crippen LogP contribution is -2.37. The lowest BCUT2D eigenvalue weighted by atomic mass is 9.98. The molecule has 1 aromatic heterocycles. The first-order valence-electron chi connectivity index (χ1n) is 9.73. The number of ether oxygens (including phenoxy) is 1. The highest BCUT2D eigenvalue weighted by Gasteiger charge is 2.06. The van der Waals surface area contributed by atoms with Crippen molar-refractivity contribution < 1.29 is 4.74 Å². The Hall–Kier alpha value is -3.19. The van der Waals surface area contributed by atoms with Crippen molar-refractivity contribution in [3.63, 3.8) is 0 Å². The van der Waals surface area contributed by atoms with Gasteiger partial charge in [0.05, 0.1) is 6.54 Å². The van der Waals surface area contributed by atoms with Crippen LogP contribution in [-0.2, 0) is 17.8 Å². The lowest BCUT2D eigenvalue weighted by molar-refractivity contribution is 0.195. The summed E-state index contributed by atoms with van der Waals surface area (Å²) < 4.78 is 6.90. The van der Waals surface area contributed by atoms with Gasteiger partial charge in [-0.1, -0.05) is 48.5 Å². The van der Waals surface area contributed by atoms with Crippen LogP contribution in [-0.4, -0.2) is 48.0 Å². The summed E-state index contributed by atoms with van der Waals surface area (Å²) in [5, 5.41) is 10.9. The van der Waals surface area contributed by atoms with Crippen molar-refractivity contribution >= 4 is 5.96 Å². The molecule has 0 aliphatic carbocycles. The largest absolute Gasteiger partial charge is 0.385 e. The third kappa shape index (κ3) is 6.15. The van der Waals surface area contributed by atoms with Crippen molar-refractivity contribution in [2.45, 2.75) is 19.5 Å². The molecule has 0 spiro atoms. The van der Waals surface area contributed by atoms with Gasteiger partial charge < -0.3 is 15.4 Å². The molecule has 0 unspecified atom stereocenters. The second-order valence-corrected chi connectivity index (χ2v) is 6.65. The van der Waals surface area contributed by atoms with Crippen molar-refractivity contribution in [2.75, 3.05) is 27.3 Å². The minimum atomic E-state index is 0.695. The van der Waals surface area contributed by atoms with E-state index in [2.05, 4.69) is 74.2 Å². The summed E-state index contributed by atoms with van der Waals surface area (Å²) in [5.41, 5.74) is 4.81. The molecule has 152 valence electrons. The van der Waals surface area contributed by atoms with E-state index < -0.39 is 0 Å². The van der Waals surface area contributed by atoms with E-state index in [1.165, 1.54) is 22.3 Å². The minimum absolute atomic E-state index is 0.695. The van der Waals surface area contributed by atoms with Crippen LogP contribution in [0.5, 0.6) is 0 Å². The molecule has 0 saturated carbocycles. The van der Waals surface area contributed by atoms with Crippen molar-refractivity contribution in [2.24, 2.45) is 4.99 Å². The SMILES string of the molecule is CN=C(NCCCOC)NCc1ccccc1-c1ccc(Cn2cncn2)cc1. The summed E-state index contributed by atoms with van der Waals surface area (Å²) in [6.07, 6.45) is 4.22. The first-order chi connectivity index (χ1) is 14.3. The molecule has 0 radical (unpaired) electrons.